The predicted octanol–water partition coefficient (Wildman–Crippen LogP) is 12.9. The van der Waals surface area contributed by atoms with Crippen molar-refractivity contribution in [2.45, 2.75) is 276 Å². The number of carboxylic acid groups (broad SMARTS) is 1. The van der Waals surface area contributed by atoms with E-state index in [9.17, 15) is 34.5 Å². The molecule has 0 bridgehead atoms. The van der Waals surface area contributed by atoms with Crippen molar-refractivity contribution in [3.63, 3.8) is 0 Å². The highest BCUT2D eigenvalue weighted by Crippen LogP contribution is 2.26. The van der Waals surface area contributed by atoms with Crippen LogP contribution < -0.4 is 0 Å². The Morgan fingerprint density at radius 3 is 1.42 bits per heavy atom. The molecular weight excluding hydrogens is 853 g/mol. The van der Waals surface area contributed by atoms with Crippen molar-refractivity contribution in [3.8, 4) is 0 Å². The van der Waals surface area contributed by atoms with Gasteiger partial charge in [-0.2, -0.15) is 0 Å². The number of carboxylic acids is 1. The van der Waals surface area contributed by atoms with Gasteiger partial charge in [-0.3, -0.25) is 14.4 Å². The van der Waals surface area contributed by atoms with Crippen LogP contribution in [-0.2, 0) is 42.9 Å². The minimum absolute atomic E-state index is 0.0458. The highest BCUT2D eigenvalue weighted by molar-refractivity contribution is 5.74. The van der Waals surface area contributed by atoms with Crippen LogP contribution in [0.5, 0.6) is 0 Å². The first kappa shape index (κ1) is 62.0. The van der Waals surface area contributed by atoms with Crippen molar-refractivity contribution in [1.82, 2.24) is 0 Å². The van der Waals surface area contributed by atoms with Gasteiger partial charge in [0.25, 0.3) is 0 Å². The average Bonchev–Trinajstić information content (AvgIpc) is 3.31. The molecule has 6 unspecified atom stereocenters. The Labute approximate surface area is 406 Å². The van der Waals surface area contributed by atoms with Crippen molar-refractivity contribution in [2.75, 3.05) is 13.2 Å². The zero-order valence-corrected chi connectivity index (χ0v) is 42.4. The van der Waals surface area contributed by atoms with Gasteiger partial charge in [0.1, 0.15) is 18.8 Å². The second-order valence-corrected chi connectivity index (χ2v) is 18.5. The molecule has 1 rings (SSSR count). The summed E-state index contributed by atoms with van der Waals surface area (Å²) in [5.74, 6) is -3.14. The number of hydrogen-bond acceptors (Lipinski definition) is 11. The highest BCUT2D eigenvalue weighted by Gasteiger charge is 2.50. The van der Waals surface area contributed by atoms with Crippen LogP contribution >= 0.6 is 0 Å². The number of esters is 3. The first-order valence-electron chi connectivity index (χ1n) is 27.0. The number of ether oxygens (including phenoxy) is 5. The number of hydrogen-bond donors (Lipinski definition) is 3. The number of carbonyl (C=O) groups is 4. The van der Waals surface area contributed by atoms with E-state index in [1.165, 1.54) is 70.6 Å². The maximum absolute atomic E-state index is 13.0. The van der Waals surface area contributed by atoms with Gasteiger partial charge in [-0.15, -0.1) is 0 Å². The number of unbranched alkanes of at least 4 members (excludes halogenated alkanes) is 25. The predicted molar refractivity (Wildman–Crippen MR) is 266 cm³/mol. The number of aliphatic hydroxyl groups is 2. The highest BCUT2D eigenvalue weighted by atomic mass is 16.7. The molecule has 1 saturated heterocycles. The lowest BCUT2D eigenvalue weighted by Crippen LogP contribution is -2.61. The maximum Gasteiger partial charge on any atom is 0.335 e. The molecule has 1 aliphatic rings. The Morgan fingerprint density at radius 1 is 0.493 bits per heavy atom. The van der Waals surface area contributed by atoms with E-state index >= 15 is 0 Å². The van der Waals surface area contributed by atoms with Gasteiger partial charge in [-0.25, -0.2) is 4.79 Å². The van der Waals surface area contributed by atoms with Crippen molar-refractivity contribution in [2.24, 2.45) is 0 Å². The van der Waals surface area contributed by atoms with Crippen molar-refractivity contribution < 1.29 is 58.2 Å². The molecule has 0 aromatic heterocycles. The molecule has 67 heavy (non-hydrogen) atoms. The molecule has 3 N–H and O–H groups in total. The Kier molecular flexibility index (Phi) is 40.8. The van der Waals surface area contributed by atoms with Crippen LogP contribution in [0.1, 0.15) is 239 Å². The van der Waals surface area contributed by atoms with E-state index in [1.807, 2.05) is 0 Å². The molecule has 0 spiro atoms. The third-order valence-electron chi connectivity index (χ3n) is 12.2. The Hall–Kier alpha value is -3.06. The van der Waals surface area contributed by atoms with E-state index in [0.717, 1.165) is 109 Å². The molecule has 0 saturated carbocycles. The Morgan fingerprint density at radius 2 is 0.925 bits per heavy atom. The largest absolute Gasteiger partial charge is 0.479 e. The molecule has 1 fully saturated rings. The molecule has 6 atom stereocenters. The average molecular weight is 949 g/mol. The molecule has 12 heteroatoms. The van der Waals surface area contributed by atoms with Crippen LogP contribution in [0.2, 0.25) is 0 Å². The van der Waals surface area contributed by atoms with Crippen LogP contribution in [0, 0.1) is 0 Å². The van der Waals surface area contributed by atoms with Crippen molar-refractivity contribution in [1.29, 1.82) is 0 Å². The first-order chi connectivity index (χ1) is 32.6. The van der Waals surface area contributed by atoms with E-state index in [2.05, 4.69) is 57.2 Å². The fourth-order valence-electron chi connectivity index (χ4n) is 7.99. The molecule has 0 aliphatic carbocycles. The molecule has 0 amide bonds. The molecule has 0 aromatic rings. The molecule has 1 aliphatic heterocycles. The van der Waals surface area contributed by atoms with E-state index in [0.29, 0.717) is 19.3 Å². The van der Waals surface area contributed by atoms with Gasteiger partial charge in [0.15, 0.2) is 24.6 Å². The lowest BCUT2D eigenvalue weighted by molar-refractivity contribution is -0.301. The zero-order valence-electron chi connectivity index (χ0n) is 42.4. The zero-order chi connectivity index (χ0) is 49.0. The summed E-state index contributed by atoms with van der Waals surface area (Å²) in [6, 6.07) is 0. The topological polar surface area (TPSA) is 175 Å². The Bertz CT molecular complexity index is 1310. The van der Waals surface area contributed by atoms with Crippen LogP contribution in [0.4, 0.5) is 0 Å². The minimum Gasteiger partial charge on any atom is -0.479 e. The smallest absolute Gasteiger partial charge is 0.335 e. The van der Waals surface area contributed by atoms with Crippen LogP contribution in [0.25, 0.3) is 0 Å². The number of rotatable bonds is 45. The van der Waals surface area contributed by atoms with Gasteiger partial charge >= 0.3 is 23.9 Å². The fourth-order valence-corrected chi connectivity index (χ4v) is 7.99. The summed E-state index contributed by atoms with van der Waals surface area (Å²) in [5.41, 5.74) is 0. The number of aliphatic carboxylic acids is 1. The number of carbonyl (C=O) groups excluding carboxylic acids is 3. The van der Waals surface area contributed by atoms with Crippen molar-refractivity contribution in [3.05, 3.63) is 36.5 Å². The Balaban J connectivity index is 2.70. The standard InChI is InChI=1S/C55H96O12/c1-4-7-10-13-16-19-21-23-24-26-27-30-32-35-38-41-47(56)63-44-46(65-48(57)42-39-36-33-29-18-15-12-9-6-3)45-64-55-53(51(60)50(59)52(67-55)54(61)62)66-49(58)43-40-37-34-31-28-25-22-20-17-14-11-8-5-2/h11,14,20,22-24,46,50-53,55,59-60H,4-10,12-13,15-19,21,25-45H2,1-3H3,(H,61,62)/b14-11-,22-20-,24-23-. The summed E-state index contributed by atoms with van der Waals surface area (Å²) >= 11 is 0. The van der Waals surface area contributed by atoms with E-state index in [4.69, 9.17) is 23.7 Å². The fraction of sp³-hybridized carbons (Fsp3) is 0.818. The van der Waals surface area contributed by atoms with Gasteiger partial charge in [0.2, 0.25) is 0 Å². The summed E-state index contributed by atoms with van der Waals surface area (Å²) in [5, 5.41) is 31.3. The summed E-state index contributed by atoms with van der Waals surface area (Å²) in [6.07, 6.45) is 37.1. The van der Waals surface area contributed by atoms with E-state index < -0.39 is 67.3 Å². The third kappa shape index (κ3) is 34.8. The summed E-state index contributed by atoms with van der Waals surface area (Å²) in [4.78, 5) is 50.8. The SMILES string of the molecule is CCC/C=C\C/C=C\CCCCCCCC(=O)OC1C(OCC(COC(=O)CCCCCCC/C=C\CCCCCCCC)OC(=O)CCCCCCCCCCC)OC(C(=O)O)C(O)C1O. The van der Waals surface area contributed by atoms with Gasteiger partial charge in [0, 0.05) is 19.3 Å². The molecule has 1 heterocycles. The molecular formula is C55H96O12. The normalized spacial score (nSPS) is 19.1. The molecule has 0 aromatic carbocycles. The number of aliphatic hydroxyl groups excluding tert-OH is 2. The summed E-state index contributed by atoms with van der Waals surface area (Å²) in [7, 11) is 0. The van der Waals surface area contributed by atoms with Crippen molar-refractivity contribution >= 4 is 23.9 Å². The first-order valence-corrected chi connectivity index (χ1v) is 27.0. The van der Waals surface area contributed by atoms with Gasteiger partial charge < -0.3 is 39.0 Å². The molecule has 0 radical (unpaired) electrons. The van der Waals surface area contributed by atoms with E-state index in [-0.39, 0.29) is 25.9 Å². The number of allylic oxidation sites excluding steroid dienone is 6. The quantitative estimate of drug-likeness (QED) is 0.0228. The second-order valence-electron chi connectivity index (χ2n) is 18.5. The van der Waals surface area contributed by atoms with Crippen LogP contribution in [0.3, 0.4) is 0 Å². The lowest BCUT2D eigenvalue weighted by atomic mass is 9.98. The minimum atomic E-state index is -1.90. The lowest BCUT2D eigenvalue weighted by Gasteiger charge is -2.40. The van der Waals surface area contributed by atoms with E-state index in [1.54, 1.807) is 0 Å². The van der Waals surface area contributed by atoms with Gasteiger partial charge in [-0.1, -0.05) is 186 Å². The van der Waals surface area contributed by atoms with Gasteiger partial charge in [0.05, 0.1) is 6.61 Å². The second kappa shape index (κ2) is 44.2. The molecule has 12 nitrogen and oxygen atoms in total. The molecule has 388 valence electrons. The maximum atomic E-state index is 13.0. The summed E-state index contributed by atoms with van der Waals surface area (Å²) < 4.78 is 28.3. The third-order valence-corrected chi connectivity index (χ3v) is 12.2. The summed E-state index contributed by atoms with van der Waals surface area (Å²) in [6.45, 7) is 5.87. The van der Waals surface area contributed by atoms with Gasteiger partial charge in [-0.05, 0) is 70.6 Å². The monoisotopic (exact) mass is 949 g/mol. The van der Waals surface area contributed by atoms with Crippen LogP contribution in [0.15, 0.2) is 36.5 Å². The van der Waals surface area contributed by atoms with Crippen LogP contribution in [-0.4, -0.2) is 89.2 Å².